The van der Waals surface area contributed by atoms with Crippen molar-refractivity contribution >= 4 is 15.9 Å². The van der Waals surface area contributed by atoms with E-state index in [4.69, 9.17) is 5.48 Å². The summed E-state index contributed by atoms with van der Waals surface area (Å²) >= 11 is 2.84. The maximum Gasteiger partial charge on any atom is 0.192 e. The molecule has 0 bridgehead atoms. The third-order valence-corrected chi connectivity index (χ3v) is 0.771. The molecule has 1 heterocycles. The Hall–Kier alpha value is -0.310. The fourth-order valence-corrected chi connectivity index (χ4v) is 0.467. The van der Waals surface area contributed by atoms with Crippen LogP contribution in [0.15, 0.2) is 15.3 Å². The first-order chi connectivity index (χ1) is 4.91. The summed E-state index contributed by atoms with van der Waals surface area (Å²) < 4.78 is 32.3. The number of oxazole rings is 1. The highest BCUT2D eigenvalue weighted by Gasteiger charge is 1.89. The second kappa shape index (κ2) is 1.66. The molecule has 0 aliphatic carbocycles. The van der Waals surface area contributed by atoms with Gasteiger partial charge in [-0.3, -0.25) is 0 Å². The maximum absolute atomic E-state index is 7.02. The van der Waals surface area contributed by atoms with Gasteiger partial charge in [-0.15, -0.1) is 0 Å². The molecule has 0 atom stereocenters. The van der Waals surface area contributed by atoms with E-state index in [2.05, 4.69) is 25.3 Å². The van der Waals surface area contributed by atoms with Crippen molar-refractivity contribution in [3.05, 3.63) is 16.7 Å². The minimum Gasteiger partial charge on any atom is -0.434 e. The summed E-state index contributed by atoms with van der Waals surface area (Å²) in [5.41, 5.74) is 0. The Morgan fingerprint density at radius 2 is 3.14 bits per heavy atom. The summed E-state index contributed by atoms with van der Waals surface area (Å²) in [7, 11) is 0. The number of hydrogen-bond acceptors (Lipinski definition) is 2. The van der Waals surface area contributed by atoms with E-state index in [0.717, 1.165) is 0 Å². The quantitative estimate of drug-likeness (QED) is 0.586. The Morgan fingerprint density at radius 3 is 3.43 bits per heavy atom. The molecule has 0 unspecified atom stereocenters. The van der Waals surface area contributed by atoms with Gasteiger partial charge in [-0.2, -0.15) is 0 Å². The Morgan fingerprint density at radius 1 is 2.29 bits per heavy atom. The van der Waals surface area contributed by atoms with Gasteiger partial charge in [-0.1, -0.05) is 0 Å². The topological polar surface area (TPSA) is 26.0 Å². The van der Waals surface area contributed by atoms with Crippen LogP contribution in [-0.2, 0) is 0 Å². The van der Waals surface area contributed by atoms with Crippen molar-refractivity contribution in [2.24, 2.45) is 0 Å². The highest BCUT2D eigenvalue weighted by Crippen LogP contribution is 2.08. The summed E-state index contributed by atoms with van der Waals surface area (Å²) in [5, 5.41) is 0. The lowest BCUT2D eigenvalue weighted by atomic mass is 10.8. The van der Waals surface area contributed by atoms with E-state index in [1.807, 2.05) is 0 Å². The molecule has 0 aromatic carbocycles. The van der Waals surface area contributed by atoms with Crippen LogP contribution >= 0.6 is 15.9 Å². The van der Waals surface area contributed by atoms with E-state index in [1.54, 1.807) is 0 Å². The molecule has 1 aromatic rings. The lowest BCUT2D eigenvalue weighted by Gasteiger charge is -1.71. The molecular formula is C4H4BrNO. The zero-order valence-electron chi connectivity index (χ0n) is 7.23. The first-order valence-corrected chi connectivity index (χ1v) is 2.34. The molecule has 1 aromatic heterocycles. The molecule has 0 radical (unpaired) electrons. The lowest BCUT2D eigenvalue weighted by Crippen LogP contribution is -1.59. The third-order valence-electron chi connectivity index (χ3n) is 0.432. The zero-order chi connectivity index (χ0) is 8.65. The molecule has 0 aliphatic heterocycles. The summed E-state index contributed by atoms with van der Waals surface area (Å²) in [5.74, 6) is -0.408. The highest BCUT2D eigenvalue weighted by atomic mass is 79.9. The first-order valence-electron chi connectivity index (χ1n) is 3.54. The molecule has 3 heteroatoms. The number of halogens is 1. The van der Waals surface area contributed by atoms with Crippen LogP contribution in [0.3, 0.4) is 0 Å². The number of aromatic nitrogens is 1. The monoisotopic (exact) mass is 165 g/mol. The van der Waals surface area contributed by atoms with Crippen LogP contribution < -0.4 is 0 Å². The van der Waals surface area contributed by atoms with E-state index in [9.17, 15) is 0 Å². The minimum atomic E-state index is -2.37. The summed E-state index contributed by atoms with van der Waals surface area (Å²) in [6.07, 6.45) is -0.198. The van der Waals surface area contributed by atoms with Crippen molar-refractivity contribution in [2.75, 3.05) is 0 Å². The first kappa shape index (κ1) is 1.90. The summed E-state index contributed by atoms with van der Waals surface area (Å²) in [4.78, 5) is 3.37. The van der Waals surface area contributed by atoms with Gasteiger partial charge in [0.05, 0.1) is 7.54 Å². The van der Waals surface area contributed by atoms with Gasteiger partial charge in [0, 0.05) is 11.0 Å². The largest absolute Gasteiger partial charge is 0.434 e. The number of aryl methyl sites for hydroxylation is 1. The normalized spacial score (nSPS) is 19.6. The minimum absolute atomic E-state index is 0.0450. The van der Waals surface area contributed by atoms with E-state index in [-0.39, 0.29) is 10.8 Å². The average Bonchev–Trinajstić information content (AvgIpc) is 2.11. The highest BCUT2D eigenvalue weighted by molar-refractivity contribution is 9.10. The molecule has 7 heavy (non-hydrogen) atoms. The van der Waals surface area contributed by atoms with Crippen molar-refractivity contribution in [2.45, 2.75) is 6.85 Å². The second-order valence-corrected chi connectivity index (χ2v) is 1.62. The van der Waals surface area contributed by atoms with E-state index >= 15 is 0 Å². The maximum atomic E-state index is 7.02. The Kier molecular flexibility index (Phi) is 0.449. The fraction of sp³-hybridized carbons (Fsp3) is 0.250. The molecule has 0 amide bonds. The molecule has 0 saturated carbocycles. The van der Waals surface area contributed by atoms with Gasteiger partial charge in [0.2, 0.25) is 0 Å². The van der Waals surface area contributed by atoms with Crippen LogP contribution in [-0.4, -0.2) is 4.98 Å². The van der Waals surface area contributed by atoms with Crippen molar-refractivity contribution in [1.29, 1.82) is 0 Å². The molecular weight excluding hydrogens is 158 g/mol. The van der Waals surface area contributed by atoms with E-state index in [1.165, 1.54) is 0 Å². The average molecular weight is 166 g/mol. The SMILES string of the molecule is [2H]c1nc(C([2H])([2H])[2H])oc1Br. The number of hydrogen-bond donors (Lipinski definition) is 0. The van der Waals surface area contributed by atoms with Crippen LogP contribution in [0.4, 0.5) is 0 Å². The van der Waals surface area contributed by atoms with Crippen molar-refractivity contribution in [3.63, 3.8) is 0 Å². The van der Waals surface area contributed by atoms with Crippen LogP contribution in [0.1, 0.15) is 11.4 Å². The molecule has 0 fully saturated rings. The Balaban J connectivity index is 3.08. The second-order valence-electron chi connectivity index (χ2n) is 0.905. The third kappa shape index (κ3) is 1.03. The molecule has 1 rings (SSSR count). The van der Waals surface area contributed by atoms with Gasteiger partial charge in [0.15, 0.2) is 10.6 Å². The van der Waals surface area contributed by atoms with Crippen molar-refractivity contribution in [3.8, 4) is 0 Å². The van der Waals surface area contributed by atoms with Gasteiger partial charge in [-0.25, -0.2) is 4.98 Å². The molecule has 0 aliphatic rings. The number of nitrogens with zero attached hydrogens (tertiary/aromatic N) is 1. The molecule has 0 N–H and O–H groups in total. The van der Waals surface area contributed by atoms with E-state index < -0.39 is 12.7 Å². The zero-order valence-corrected chi connectivity index (χ0v) is 4.82. The Labute approximate surface area is 55.3 Å². The summed E-state index contributed by atoms with van der Waals surface area (Å²) in [6, 6.07) is 0. The Bertz CT molecular complexity index is 248. The molecule has 38 valence electrons. The molecule has 0 spiro atoms. The predicted molar refractivity (Wildman–Crippen MR) is 28.9 cm³/mol. The van der Waals surface area contributed by atoms with Gasteiger partial charge in [0.1, 0.15) is 0 Å². The lowest BCUT2D eigenvalue weighted by molar-refractivity contribution is 0.499. The van der Waals surface area contributed by atoms with Crippen molar-refractivity contribution < 1.29 is 9.90 Å². The van der Waals surface area contributed by atoms with E-state index in [0.29, 0.717) is 0 Å². The predicted octanol–water partition coefficient (Wildman–Crippen LogP) is 1.75. The molecule has 2 nitrogen and oxygen atoms in total. The van der Waals surface area contributed by atoms with Crippen LogP contribution in [0.25, 0.3) is 0 Å². The van der Waals surface area contributed by atoms with Gasteiger partial charge < -0.3 is 4.42 Å². The smallest absolute Gasteiger partial charge is 0.192 e. The van der Waals surface area contributed by atoms with Crippen LogP contribution in [0, 0.1) is 6.85 Å². The van der Waals surface area contributed by atoms with Crippen LogP contribution in [0.5, 0.6) is 0 Å². The van der Waals surface area contributed by atoms with Crippen LogP contribution in [0.2, 0.25) is 0 Å². The summed E-state index contributed by atoms with van der Waals surface area (Å²) in [6.45, 7) is -2.37. The van der Waals surface area contributed by atoms with Gasteiger partial charge in [0.25, 0.3) is 0 Å². The van der Waals surface area contributed by atoms with Gasteiger partial charge >= 0.3 is 0 Å². The number of rotatable bonds is 0. The van der Waals surface area contributed by atoms with Gasteiger partial charge in [-0.05, 0) is 15.9 Å². The molecule has 0 saturated heterocycles. The fourth-order valence-electron chi connectivity index (χ4n) is 0.225. The van der Waals surface area contributed by atoms with Crippen molar-refractivity contribution in [1.82, 2.24) is 4.98 Å². The standard InChI is InChI=1S/C4H4BrNO/c1-3-6-2-4(5)7-3/h2H,1H3/i1D3,2D.